The summed E-state index contributed by atoms with van der Waals surface area (Å²) in [5, 5.41) is 5.34. The standard InChI is InChI=1S/C20H21Cl2NOS/c1-11(2)25-19-8-12(14-4-3-13(21)9-17(14)22)7-15-16-10-23-6-5-18(16)24-20(15)19/h3-4,7-9,11,16,18,23H,5-6,10H2,1-2H3/t16-,18-/m0/s1. The van der Waals surface area contributed by atoms with Gasteiger partial charge in [0, 0.05) is 38.9 Å². The summed E-state index contributed by atoms with van der Waals surface area (Å²) in [5.41, 5.74) is 3.47. The van der Waals surface area contributed by atoms with Crippen molar-refractivity contribution >= 4 is 35.0 Å². The number of hydrogen-bond donors (Lipinski definition) is 1. The minimum atomic E-state index is 0.290. The average Bonchev–Trinajstić information content (AvgIpc) is 2.93. The molecule has 1 saturated heterocycles. The van der Waals surface area contributed by atoms with E-state index >= 15 is 0 Å². The molecule has 0 spiro atoms. The molecular weight excluding hydrogens is 373 g/mol. The van der Waals surface area contributed by atoms with Gasteiger partial charge in [0.1, 0.15) is 11.9 Å². The number of halogens is 2. The molecule has 0 aliphatic carbocycles. The van der Waals surface area contributed by atoms with E-state index in [0.717, 1.165) is 36.4 Å². The molecule has 25 heavy (non-hydrogen) atoms. The van der Waals surface area contributed by atoms with E-state index in [2.05, 4.69) is 31.3 Å². The second-order valence-corrected chi connectivity index (χ2v) is 9.40. The fourth-order valence-electron chi connectivity index (χ4n) is 3.68. The highest BCUT2D eigenvalue weighted by Gasteiger charge is 2.38. The third-order valence-electron chi connectivity index (χ3n) is 4.78. The van der Waals surface area contributed by atoms with E-state index in [4.69, 9.17) is 27.9 Å². The van der Waals surface area contributed by atoms with Crippen LogP contribution in [-0.2, 0) is 0 Å². The summed E-state index contributed by atoms with van der Waals surface area (Å²) in [6.45, 7) is 6.42. The molecule has 2 heterocycles. The maximum Gasteiger partial charge on any atom is 0.137 e. The van der Waals surface area contributed by atoms with E-state index in [0.29, 0.717) is 27.3 Å². The Hall–Kier alpha value is -0.870. The van der Waals surface area contributed by atoms with Crippen molar-refractivity contribution in [3.05, 3.63) is 45.9 Å². The van der Waals surface area contributed by atoms with Gasteiger partial charge in [0.05, 0.1) is 4.90 Å². The van der Waals surface area contributed by atoms with Gasteiger partial charge in [-0.25, -0.2) is 0 Å². The summed E-state index contributed by atoms with van der Waals surface area (Å²) in [6.07, 6.45) is 1.35. The summed E-state index contributed by atoms with van der Waals surface area (Å²) in [5.74, 6) is 1.49. The highest BCUT2D eigenvalue weighted by atomic mass is 35.5. The van der Waals surface area contributed by atoms with Crippen molar-refractivity contribution in [3.8, 4) is 16.9 Å². The monoisotopic (exact) mass is 393 g/mol. The molecule has 2 aromatic rings. The Morgan fingerprint density at radius 3 is 2.80 bits per heavy atom. The smallest absolute Gasteiger partial charge is 0.137 e. The van der Waals surface area contributed by atoms with Crippen LogP contribution in [0.3, 0.4) is 0 Å². The number of hydrogen-bond acceptors (Lipinski definition) is 3. The second kappa shape index (κ2) is 7.03. The molecule has 0 bridgehead atoms. The minimum Gasteiger partial charge on any atom is -0.488 e. The number of fused-ring (bicyclic) bond motifs is 3. The molecule has 2 aliphatic heterocycles. The Bertz CT molecular complexity index is 809. The summed E-state index contributed by atoms with van der Waals surface area (Å²) < 4.78 is 6.37. The zero-order chi connectivity index (χ0) is 17.6. The van der Waals surface area contributed by atoms with Crippen LogP contribution in [0.5, 0.6) is 5.75 Å². The van der Waals surface area contributed by atoms with Crippen LogP contribution < -0.4 is 10.1 Å². The van der Waals surface area contributed by atoms with Gasteiger partial charge >= 0.3 is 0 Å². The van der Waals surface area contributed by atoms with Gasteiger partial charge in [-0.2, -0.15) is 0 Å². The van der Waals surface area contributed by atoms with Gasteiger partial charge in [-0.15, -0.1) is 11.8 Å². The molecule has 2 aromatic carbocycles. The Morgan fingerprint density at radius 2 is 2.04 bits per heavy atom. The van der Waals surface area contributed by atoms with E-state index in [-0.39, 0.29) is 0 Å². The van der Waals surface area contributed by atoms with E-state index in [9.17, 15) is 0 Å². The topological polar surface area (TPSA) is 21.3 Å². The molecule has 132 valence electrons. The van der Waals surface area contributed by atoms with Gasteiger partial charge in [-0.05, 0) is 42.8 Å². The lowest BCUT2D eigenvalue weighted by atomic mass is 9.89. The van der Waals surface area contributed by atoms with Crippen LogP contribution in [0.1, 0.15) is 31.7 Å². The lowest BCUT2D eigenvalue weighted by Gasteiger charge is -2.24. The van der Waals surface area contributed by atoms with Crippen LogP contribution in [0.4, 0.5) is 0 Å². The predicted octanol–water partition coefficient (Wildman–Crippen LogP) is 6.00. The first-order chi connectivity index (χ1) is 12.0. The maximum absolute atomic E-state index is 6.48. The summed E-state index contributed by atoms with van der Waals surface area (Å²) in [6, 6.07) is 10.2. The van der Waals surface area contributed by atoms with Crippen molar-refractivity contribution in [1.82, 2.24) is 5.32 Å². The van der Waals surface area contributed by atoms with Crippen molar-refractivity contribution in [1.29, 1.82) is 0 Å². The van der Waals surface area contributed by atoms with Gasteiger partial charge in [-0.3, -0.25) is 0 Å². The molecule has 1 fully saturated rings. The van der Waals surface area contributed by atoms with Crippen LogP contribution in [-0.4, -0.2) is 24.4 Å². The summed E-state index contributed by atoms with van der Waals surface area (Å²) >= 11 is 14.4. The predicted molar refractivity (Wildman–Crippen MR) is 108 cm³/mol. The van der Waals surface area contributed by atoms with Gasteiger partial charge in [-0.1, -0.05) is 43.1 Å². The fraction of sp³-hybridized carbons (Fsp3) is 0.400. The van der Waals surface area contributed by atoms with E-state index in [1.54, 1.807) is 0 Å². The number of rotatable bonds is 3. The number of ether oxygens (including phenoxy) is 1. The van der Waals surface area contributed by atoms with Crippen LogP contribution in [0.25, 0.3) is 11.1 Å². The fourth-order valence-corrected chi connectivity index (χ4v) is 5.18. The van der Waals surface area contributed by atoms with Crippen molar-refractivity contribution in [3.63, 3.8) is 0 Å². The minimum absolute atomic E-state index is 0.290. The molecule has 5 heteroatoms. The third kappa shape index (κ3) is 3.40. The number of nitrogens with one attached hydrogen (secondary N) is 1. The molecule has 0 amide bonds. The summed E-state index contributed by atoms with van der Waals surface area (Å²) in [7, 11) is 0. The van der Waals surface area contributed by atoms with Crippen molar-refractivity contribution in [2.24, 2.45) is 0 Å². The molecule has 2 atom stereocenters. The molecule has 0 saturated carbocycles. The Balaban J connectivity index is 1.84. The van der Waals surface area contributed by atoms with E-state index in [1.807, 2.05) is 30.0 Å². The largest absolute Gasteiger partial charge is 0.488 e. The van der Waals surface area contributed by atoms with Crippen LogP contribution in [0.15, 0.2) is 35.2 Å². The second-order valence-electron chi connectivity index (χ2n) is 6.94. The maximum atomic E-state index is 6.48. The Morgan fingerprint density at radius 1 is 1.20 bits per heavy atom. The van der Waals surface area contributed by atoms with Gasteiger partial charge in [0.25, 0.3) is 0 Å². The molecule has 2 aliphatic rings. The summed E-state index contributed by atoms with van der Waals surface area (Å²) in [4.78, 5) is 1.21. The average molecular weight is 394 g/mol. The van der Waals surface area contributed by atoms with Crippen LogP contribution >= 0.6 is 35.0 Å². The zero-order valence-corrected chi connectivity index (χ0v) is 16.6. The normalized spacial score (nSPS) is 21.8. The van der Waals surface area contributed by atoms with E-state index in [1.165, 1.54) is 10.5 Å². The van der Waals surface area contributed by atoms with Crippen molar-refractivity contribution in [2.45, 2.75) is 42.4 Å². The third-order valence-corrected chi connectivity index (χ3v) is 6.35. The quantitative estimate of drug-likeness (QED) is 0.646. The number of piperidine rings is 1. The molecule has 0 unspecified atom stereocenters. The molecule has 2 nitrogen and oxygen atoms in total. The highest BCUT2D eigenvalue weighted by Crippen LogP contribution is 2.49. The highest BCUT2D eigenvalue weighted by molar-refractivity contribution is 8.00. The lowest BCUT2D eigenvalue weighted by Crippen LogP contribution is -2.37. The van der Waals surface area contributed by atoms with Crippen molar-refractivity contribution < 1.29 is 4.74 Å². The lowest BCUT2D eigenvalue weighted by molar-refractivity contribution is 0.169. The Labute approximate surface area is 163 Å². The van der Waals surface area contributed by atoms with Gasteiger partial charge < -0.3 is 10.1 Å². The molecule has 1 N–H and O–H groups in total. The van der Waals surface area contributed by atoms with Crippen LogP contribution in [0.2, 0.25) is 10.0 Å². The first kappa shape index (κ1) is 17.5. The molecule has 4 rings (SSSR count). The van der Waals surface area contributed by atoms with Crippen LogP contribution in [0, 0.1) is 0 Å². The Kier molecular flexibility index (Phi) is 4.93. The first-order valence-corrected chi connectivity index (χ1v) is 10.3. The van der Waals surface area contributed by atoms with Crippen molar-refractivity contribution in [2.75, 3.05) is 13.1 Å². The van der Waals surface area contributed by atoms with Gasteiger partial charge in [0.2, 0.25) is 0 Å². The van der Waals surface area contributed by atoms with Gasteiger partial charge in [0.15, 0.2) is 0 Å². The number of thioether (sulfide) groups is 1. The zero-order valence-electron chi connectivity index (χ0n) is 14.3. The first-order valence-electron chi connectivity index (χ1n) is 8.70. The molecule has 0 radical (unpaired) electrons. The molecular formula is C20H21Cl2NOS. The van der Waals surface area contributed by atoms with E-state index < -0.39 is 0 Å². The molecule has 0 aromatic heterocycles. The number of benzene rings is 2. The SMILES string of the molecule is CC(C)Sc1cc(-c2ccc(Cl)cc2Cl)cc2c1O[C@H]1CCNC[C@@H]21.